The summed E-state index contributed by atoms with van der Waals surface area (Å²) in [5, 5.41) is 0. The fourth-order valence-corrected chi connectivity index (χ4v) is 2.87. The van der Waals surface area contributed by atoms with Gasteiger partial charge < -0.3 is 9.64 Å². The number of Topliss-reactive ketones (excluding diaryl/α,β-unsaturated/α-hetero) is 1. The molecule has 0 N–H and O–H groups in total. The van der Waals surface area contributed by atoms with E-state index in [1.807, 2.05) is 4.90 Å². The molecule has 0 aromatic heterocycles. The average Bonchev–Trinajstić information content (AvgIpc) is 3.46. The maximum atomic E-state index is 12.5. The third-order valence-corrected chi connectivity index (χ3v) is 4.50. The van der Waals surface area contributed by atoms with Crippen LogP contribution in [0, 0.1) is 18.3 Å². The number of piperazine rings is 1. The Bertz CT molecular complexity index is 636. The zero-order chi connectivity index (χ0) is 16.9. The van der Waals surface area contributed by atoms with Crippen LogP contribution in [-0.2, 0) is 4.79 Å². The maximum Gasteiger partial charge on any atom is 0.253 e. The highest BCUT2D eigenvalue weighted by Crippen LogP contribution is 2.30. The minimum Gasteiger partial charge on any atom is -0.481 e. The fraction of sp³-hybridized carbons (Fsp3) is 0.474. The second kappa shape index (κ2) is 7.50. The Balaban J connectivity index is 1.49. The molecule has 0 bridgehead atoms. The highest BCUT2D eigenvalue weighted by molar-refractivity contribution is 5.94. The summed E-state index contributed by atoms with van der Waals surface area (Å²) in [4.78, 5) is 28.4. The molecule has 0 atom stereocenters. The third-order valence-electron chi connectivity index (χ3n) is 4.50. The van der Waals surface area contributed by atoms with Crippen LogP contribution in [0.1, 0.15) is 23.2 Å². The van der Waals surface area contributed by atoms with Gasteiger partial charge in [-0.15, -0.1) is 6.42 Å². The molecule has 1 aliphatic heterocycles. The molecule has 1 amide bonds. The average molecular weight is 326 g/mol. The molecule has 2 aliphatic rings. The SMILES string of the molecule is C#CCOc1ccc(C(=O)N2CCN(CC(=O)C3CC3)CC2)cc1. The molecule has 1 aliphatic carbocycles. The minimum atomic E-state index is 0.0201. The van der Waals surface area contributed by atoms with E-state index in [0.717, 1.165) is 25.9 Å². The van der Waals surface area contributed by atoms with Crippen LogP contribution in [0.2, 0.25) is 0 Å². The van der Waals surface area contributed by atoms with Crippen LogP contribution in [0.3, 0.4) is 0 Å². The van der Waals surface area contributed by atoms with Crippen molar-refractivity contribution in [2.75, 3.05) is 39.3 Å². The zero-order valence-corrected chi connectivity index (χ0v) is 13.7. The van der Waals surface area contributed by atoms with E-state index in [1.165, 1.54) is 0 Å². The van der Waals surface area contributed by atoms with Gasteiger partial charge in [0.05, 0.1) is 6.54 Å². The molecule has 5 nitrogen and oxygen atoms in total. The first-order chi connectivity index (χ1) is 11.7. The van der Waals surface area contributed by atoms with Crippen molar-refractivity contribution < 1.29 is 14.3 Å². The molecule has 1 aromatic rings. The van der Waals surface area contributed by atoms with Crippen molar-refractivity contribution in [1.82, 2.24) is 9.80 Å². The van der Waals surface area contributed by atoms with Crippen molar-refractivity contribution in [3.63, 3.8) is 0 Å². The van der Waals surface area contributed by atoms with Crippen LogP contribution in [-0.4, -0.2) is 60.8 Å². The number of carbonyl (C=O) groups is 2. The van der Waals surface area contributed by atoms with Crippen molar-refractivity contribution >= 4 is 11.7 Å². The van der Waals surface area contributed by atoms with Crippen LogP contribution in [0.25, 0.3) is 0 Å². The summed E-state index contributed by atoms with van der Waals surface area (Å²) in [6, 6.07) is 7.04. The number of carbonyl (C=O) groups excluding carboxylic acids is 2. The Morgan fingerprint density at radius 1 is 1.12 bits per heavy atom. The molecule has 1 saturated carbocycles. The number of ether oxygens (including phenoxy) is 1. The summed E-state index contributed by atoms with van der Waals surface area (Å²) < 4.78 is 5.31. The highest BCUT2D eigenvalue weighted by atomic mass is 16.5. The number of benzene rings is 1. The van der Waals surface area contributed by atoms with Gasteiger partial charge >= 0.3 is 0 Å². The van der Waals surface area contributed by atoms with Crippen LogP contribution in [0.15, 0.2) is 24.3 Å². The molecule has 5 heteroatoms. The lowest BCUT2D eigenvalue weighted by Gasteiger charge is -2.34. The summed E-state index contributed by atoms with van der Waals surface area (Å²) in [6.45, 7) is 3.59. The van der Waals surface area contributed by atoms with Crippen LogP contribution in [0.5, 0.6) is 5.75 Å². The Morgan fingerprint density at radius 3 is 2.38 bits per heavy atom. The topological polar surface area (TPSA) is 49.9 Å². The van der Waals surface area contributed by atoms with E-state index >= 15 is 0 Å². The number of amides is 1. The van der Waals surface area contributed by atoms with Crippen molar-refractivity contribution in [2.24, 2.45) is 5.92 Å². The smallest absolute Gasteiger partial charge is 0.253 e. The van der Waals surface area contributed by atoms with Gasteiger partial charge in [0.2, 0.25) is 0 Å². The van der Waals surface area contributed by atoms with Gasteiger partial charge in [-0.2, -0.15) is 0 Å². The summed E-state index contributed by atoms with van der Waals surface area (Å²) in [5.41, 5.74) is 0.644. The van der Waals surface area contributed by atoms with Crippen molar-refractivity contribution in [1.29, 1.82) is 0 Å². The van der Waals surface area contributed by atoms with Gasteiger partial charge in [0.1, 0.15) is 18.1 Å². The number of hydrogen-bond donors (Lipinski definition) is 0. The van der Waals surface area contributed by atoms with Crippen molar-refractivity contribution in [2.45, 2.75) is 12.8 Å². The lowest BCUT2D eigenvalue weighted by molar-refractivity contribution is -0.121. The number of nitrogens with zero attached hydrogens (tertiary/aromatic N) is 2. The van der Waals surface area contributed by atoms with Gasteiger partial charge in [-0.05, 0) is 37.1 Å². The van der Waals surface area contributed by atoms with Gasteiger partial charge in [0, 0.05) is 37.7 Å². The molecule has 1 saturated heterocycles. The quantitative estimate of drug-likeness (QED) is 0.742. The predicted octanol–water partition coefficient (Wildman–Crippen LogP) is 1.44. The van der Waals surface area contributed by atoms with Gasteiger partial charge in [-0.25, -0.2) is 0 Å². The summed E-state index contributed by atoms with van der Waals surface area (Å²) in [5.74, 6) is 3.75. The molecule has 0 spiro atoms. The first-order valence-electron chi connectivity index (χ1n) is 8.38. The van der Waals surface area contributed by atoms with Crippen LogP contribution < -0.4 is 4.74 Å². The monoisotopic (exact) mass is 326 g/mol. The summed E-state index contributed by atoms with van der Waals surface area (Å²) in [6.07, 6.45) is 7.26. The van der Waals surface area contributed by atoms with E-state index in [4.69, 9.17) is 11.2 Å². The van der Waals surface area contributed by atoms with E-state index in [0.29, 0.717) is 42.6 Å². The van der Waals surface area contributed by atoms with Gasteiger partial charge in [-0.3, -0.25) is 14.5 Å². The highest BCUT2D eigenvalue weighted by Gasteiger charge is 2.31. The molecule has 3 rings (SSSR count). The predicted molar refractivity (Wildman–Crippen MR) is 90.8 cm³/mol. The van der Waals surface area contributed by atoms with Gasteiger partial charge in [0.25, 0.3) is 5.91 Å². The van der Waals surface area contributed by atoms with Crippen molar-refractivity contribution in [3.05, 3.63) is 29.8 Å². The minimum absolute atomic E-state index is 0.0201. The fourth-order valence-electron chi connectivity index (χ4n) is 2.87. The Kier molecular flexibility index (Phi) is 5.17. The zero-order valence-electron chi connectivity index (χ0n) is 13.7. The number of ketones is 1. The van der Waals surface area contributed by atoms with Gasteiger partial charge in [0.15, 0.2) is 0 Å². The van der Waals surface area contributed by atoms with E-state index in [-0.39, 0.29) is 12.5 Å². The largest absolute Gasteiger partial charge is 0.481 e. The lowest BCUT2D eigenvalue weighted by Crippen LogP contribution is -2.50. The van der Waals surface area contributed by atoms with Crippen molar-refractivity contribution in [3.8, 4) is 18.1 Å². The number of terminal acetylenes is 1. The molecule has 126 valence electrons. The standard InChI is InChI=1S/C19H22N2O3/c1-2-13-24-17-7-5-16(6-8-17)19(23)21-11-9-20(10-12-21)14-18(22)15-3-4-15/h1,5-8,15H,3-4,9-14H2. The van der Waals surface area contributed by atoms with Gasteiger partial charge in [-0.1, -0.05) is 5.92 Å². The summed E-state index contributed by atoms with van der Waals surface area (Å²) >= 11 is 0. The van der Waals surface area contributed by atoms with Crippen LogP contribution >= 0.6 is 0 Å². The first-order valence-corrected chi connectivity index (χ1v) is 8.38. The Labute approximate surface area is 142 Å². The molecule has 1 heterocycles. The normalized spacial score (nSPS) is 18.0. The second-order valence-electron chi connectivity index (χ2n) is 6.33. The first kappa shape index (κ1) is 16.5. The third kappa shape index (κ3) is 4.15. The second-order valence-corrected chi connectivity index (χ2v) is 6.33. The van der Waals surface area contributed by atoms with E-state index in [1.54, 1.807) is 24.3 Å². The molecule has 1 aromatic carbocycles. The molecule has 2 fully saturated rings. The van der Waals surface area contributed by atoms with E-state index < -0.39 is 0 Å². The molecule has 0 radical (unpaired) electrons. The van der Waals surface area contributed by atoms with E-state index in [2.05, 4.69) is 10.8 Å². The Hall–Kier alpha value is -2.32. The maximum absolute atomic E-state index is 12.5. The number of hydrogen-bond acceptors (Lipinski definition) is 4. The molecule has 0 unspecified atom stereocenters. The van der Waals surface area contributed by atoms with Crippen LogP contribution in [0.4, 0.5) is 0 Å². The molecular weight excluding hydrogens is 304 g/mol. The number of rotatable bonds is 6. The molecular formula is C19H22N2O3. The van der Waals surface area contributed by atoms with E-state index in [9.17, 15) is 9.59 Å². The lowest BCUT2D eigenvalue weighted by atomic mass is 10.1. The molecule has 24 heavy (non-hydrogen) atoms. The summed E-state index contributed by atoms with van der Waals surface area (Å²) in [7, 11) is 0. The Morgan fingerprint density at radius 2 is 1.79 bits per heavy atom.